The lowest BCUT2D eigenvalue weighted by atomic mass is 10.1. The molecule has 2 aromatic carbocycles. The average molecular weight is 382 g/mol. The van der Waals surface area contributed by atoms with Crippen molar-refractivity contribution in [1.29, 1.82) is 0 Å². The Hall–Kier alpha value is -3.02. The van der Waals surface area contributed by atoms with Crippen LogP contribution in [0.4, 0.5) is 15.8 Å². The van der Waals surface area contributed by atoms with E-state index in [2.05, 4.69) is 10.2 Å². The second-order valence-electron chi connectivity index (χ2n) is 6.85. The first-order valence-electron chi connectivity index (χ1n) is 9.61. The van der Waals surface area contributed by atoms with E-state index in [0.29, 0.717) is 23.7 Å². The lowest BCUT2D eigenvalue weighted by Gasteiger charge is -2.23. The molecule has 0 aliphatic carbocycles. The highest BCUT2D eigenvalue weighted by molar-refractivity contribution is 6.09. The van der Waals surface area contributed by atoms with Crippen LogP contribution in [0.25, 0.3) is 6.08 Å². The highest BCUT2D eigenvalue weighted by atomic mass is 19.1. The van der Waals surface area contributed by atoms with Crippen LogP contribution in [-0.4, -0.2) is 32.2 Å². The van der Waals surface area contributed by atoms with Crippen LogP contribution in [0.15, 0.2) is 42.0 Å². The van der Waals surface area contributed by atoms with Gasteiger partial charge in [0.1, 0.15) is 18.1 Å². The largest absolute Gasteiger partial charge is 0.490 e. The van der Waals surface area contributed by atoms with Gasteiger partial charge >= 0.3 is 0 Å². The number of nitrogens with one attached hydrogen (secondary N) is 1. The number of carbonyl (C=O) groups is 1. The summed E-state index contributed by atoms with van der Waals surface area (Å²) in [7, 11) is 0. The van der Waals surface area contributed by atoms with E-state index >= 15 is 0 Å². The van der Waals surface area contributed by atoms with Crippen molar-refractivity contribution in [2.45, 2.75) is 19.8 Å². The van der Waals surface area contributed by atoms with Gasteiger partial charge in [0.2, 0.25) is 0 Å². The number of nitrogens with zero attached hydrogens (tertiary/aromatic N) is 1. The number of benzene rings is 2. The summed E-state index contributed by atoms with van der Waals surface area (Å²) in [6.07, 6.45) is 3.91. The minimum atomic E-state index is -0.436. The topological polar surface area (TPSA) is 50.8 Å². The Bertz CT molecular complexity index is 920. The van der Waals surface area contributed by atoms with Gasteiger partial charge in [-0.3, -0.25) is 4.79 Å². The van der Waals surface area contributed by atoms with Crippen LogP contribution in [0.5, 0.6) is 11.5 Å². The van der Waals surface area contributed by atoms with Crippen LogP contribution in [-0.2, 0) is 4.79 Å². The number of amides is 1. The summed E-state index contributed by atoms with van der Waals surface area (Å²) in [5.41, 5.74) is 2.17. The number of anilines is 2. The van der Waals surface area contributed by atoms with Gasteiger partial charge in [0.05, 0.1) is 17.9 Å². The molecule has 2 aromatic rings. The number of ether oxygens (including phenoxy) is 2. The molecule has 1 saturated heterocycles. The molecule has 1 amide bonds. The predicted octanol–water partition coefficient (Wildman–Crippen LogP) is 4.24. The first kappa shape index (κ1) is 18.3. The monoisotopic (exact) mass is 382 g/mol. The zero-order valence-electron chi connectivity index (χ0n) is 15.8. The van der Waals surface area contributed by atoms with Crippen LogP contribution in [0.2, 0.25) is 0 Å². The summed E-state index contributed by atoms with van der Waals surface area (Å²) in [5, 5.41) is 2.76. The van der Waals surface area contributed by atoms with E-state index in [1.54, 1.807) is 12.1 Å². The van der Waals surface area contributed by atoms with Crippen molar-refractivity contribution in [3.05, 3.63) is 53.4 Å². The van der Waals surface area contributed by atoms with Crippen LogP contribution in [0, 0.1) is 5.82 Å². The molecule has 0 atom stereocenters. The van der Waals surface area contributed by atoms with Gasteiger partial charge in [-0.25, -0.2) is 4.39 Å². The quantitative estimate of drug-likeness (QED) is 0.840. The Balaban J connectivity index is 1.59. The summed E-state index contributed by atoms with van der Waals surface area (Å²) >= 11 is 0. The van der Waals surface area contributed by atoms with E-state index in [-0.39, 0.29) is 18.2 Å². The Kier molecular flexibility index (Phi) is 5.19. The minimum Gasteiger partial charge on any atom is -0.490 e. The molecule has 0 aromatic heterocycles. The molecule has 6 heteroatoms. The first-order valence-corrected chi connectivity index (χ1v) is 9.61. The van der Waals surface area contributed by atoms with Crippen molar-refractivity contribution in [3.63, 3.8) is 0 Å². The molecule has 0 unspecified atom stereocenters. The third-order valence-corrected chi connectivity index (χ3v) is 4.98. The Morgan fingerprint density at radius 2 is 2.00 bits per heavy atom. The van der Waals surface area contributed by atoms with Gasteiger partial charge in [0.15, 0.2) is 11.5 Å². The van der Waals surface area contributed by atoms with Crippen molar-refractivity contribution in [2.24, 2.45) is 0 Å². The van der Waals surface area contributed by atoms with E-state index in [4.69, 9.17) is 9.47 Å². The molecule has 1 N–H and O–H groups in total. The highest BCUT2D eigenvalue weighted by Crippen LogP contribution is 2.36. The first-order chi connectivity index (χ1) is 13.7. The summed E-state index contributed by atoms with van der Waals surface area (Å²) in [5.74, 6) is 0.484. The van der Waals surface area contributed by atoms with Crippen LogP contribution in [0.1, 0.15) is 25.3 Å². The Labute approximate surface area is 163 Å². The number of hydrogen-bond donors (Lipinski definition) is 1. The molecule has 0 radical (unpaired) electrons. The van der Waals surface area contributed by atoms with Gasteiger partial charge in [-0.1, -0.05) is 18.2 Å². The molecule has 2 aliphatic heterocycles. The molecule has 5 nitrogen and oxygen atoms in total. The number of fused-ring (bicyclic) bond motifs is 1. The standard InChI is InChI=1S/C22H23FN2O3/c1-2-27-19-10-5-7-15-13-16(14-28-21(15)19)22(26)24-20-17(23)8-6-9-18(20)25-11-3-4-12-25/h5-10,13H,2-4,11-12,14H2,1H3,(H,24,26). The van der Waals surface area contributed by atoms with E-state index in [0.717, 1.165) is 37.2 Å². The van der Waals surface area contributed by atoms with Crippen molar-refractivity contribution in [1.82, 2.24) is 0 Å². The van der Waals surface area contributed by atoms with Crippen LogP contribution in [0.3, 0.4) is 0 Å². The van der Waals surface area contributed by atoms with Gasteiger partial charge in [-0.05, 0) is 44.0 Å². The normalized spacial score (nSPS) is 15.5. The van der Waals surface area contributed by atoms with Gasteiger partial charge in [0, 0.05) is 18.7 Å². The zero-order chi connectivity index (χ0) is 19.5. The third kappa shape index (κ3) is 3.54. The van der Waals surface area contributed by atoms with Crippen LogP contribution >= 0.6 is 0 Å². The van der Waals surface area contributed by atoms with Crippen molar-refractivity contribution in [3.8, 4) is 11.5 Å². The fraction of sp³-hybridized carbons (Fsp3) is 0.318. The Morgan fingerprint density at radius 3 is 2.79 bits per heavy atom. The lowest BCUT2D eigenvalue weighted by Crippen LogP contribution is -2.25. The van der Waals surface area contributed by atoms with Gasteiger partial charge in [-0.2, -0.15) is 0 Å². The molecule has 4 rings (SSSR count). The molecule has 28 heavy (non-hydrogen) atoms. The molecule has 146 valence electrons. The number of halogens is 1. The SMILES string of the molecule is CCOc1cccc2c1OCC(C(=O)Nc1c(F)cccc1N1CCCC1)=C2. The van der Waals surface area contributed by atoms with E-state index in [9.17, 15) is 9.18 Å². The molecule has 2 aliphatic rings. The fourth-order valence-corrected chi connectivity index (χ4v) is 3.63. The number of rotatable bonds is 5. The predicted molar refractivity (Wildman–Crippen MR) is 108 cm³/mol. The minimum absolute atomic E-state index is 0.108. The average Bonchev–Trinajstić information content (AvgIpc) is 3.24. The van der Waals surface area contributed by atoms with Crippen molar-refractivity contribution >= 4 is 23.4 Å². The van der Waals surface area contributed by atoms with Crippen molar-refractivity contribution in [2.75, 3.05) is 36.5 Å². The van der Waals surface area contributed by atoms with Gasteiger partial charge < -0.3 is 19.7 Å². The van der Waals surface area contributed by atoms with Crippen molar-refractivity contribution < 1.29 is 18.7 Å². The summed E-state index contributed by atoms with van der Waals surface area (Å²) in [6, 6.07) is 10.4. The third-order valence-electron chi connectivity index (χ3n) is 4.98. The molecular formula is C22H23FN2O3. The summed E-state index contributed by atoms with van der Waals surface area (Å²) in [4.78, 5) is 14.9. The van der Waals surface area contributed by atoms with E-state index < -0.39 is 5.82 Å². The summed E-state index contributed by atoms with van der Waals surface area (Å²) in [6.45, 7) is 4.28. The van der Waals surface area contributed by atoms with Gasteiger partial charge in [0.25, 0.3) is 5.91 Å². The highest BCUT2D eigenvalue weighted by Gasteiger charge is 2.24. The molecule has 0 bridgehead atoms. The maximum absolute atomic E-state index is 14.5. The second kappa shape index (κ2) is 7.92. The molecule has 0 spiro atoms. The molecule has 2 heterocycles. The Morgan fingerprint density at radius 1 is 1.21 bits per heavy atom. The molecule has 1 fully saturated rings. The summed E-state index contributed by atoms with van der Waals surface area (Å²) < 4.78 is 25.9. The maximum Gasteiger partial charge on any atom is 0.255 e. The fourth-order valence-electron chi connectivity index (χ4n) is 3.63. The van der Waals surface area contributed by atoms with Gasteiger partial charge in [-0.15, -0.1) is 0 Å². The maximum atomic E-state index is 14.5. The van der Waals surface area contributed by atoms with E-state index in [1.165, 1.54) is 6.07 Å². The molecular weight excluding hydrogens is 359 g/mol. The van der Waals surface area contributed by atoms with E-state index in [1.807, 2.05) is 31.2 Å². The number of para-hydroxylation sites is 2. The zero-order valence-corrected chi connectivity index (χ0v) is 15.8. The lowest BCUT2D eigenvalue weighted by molar-refractivity contribution is -0.113. The second-order valence-corrected chi connectivity index (χ2v) is 6.85. The smallest absolute Gasteiger partial charge is 0.255 e. The number of carbonyl (C=O) groups excluding carboxylic acids is 1. The number of hydrogen-bond acceptors (Lipinski definition) is 4. The molecule has 0 saturated carbocycles. The van der Waals surface area contributed by atoms with Crippen LogP contribution < -0.4 is 19.7 Å².